The van der Waals surface area contributed by atoms with Crippen molar-refractivity contribution in [2.45, 2.75) is 152 Å². The Kier molecular flexibility index (Phi) is 31.0. The minimum Gasteiger partial charge on any atom is -0.490 e. The maximum absolute atomic E-state index is 14.5. The first-order valence-electron chi connectivity index (χ1n) is 34.5. The van der Waals surface area contributed by atoms with Crippen LogP contribution in [0.2, 0.25) is 0 Å². The third-order valence-electron chi connectivity index (χ3n) is 16.3. The number of ether oxygens (including phenoxy) is 2. The van der Waals surface area contributed by atoms with E-state index in [2.05, 4.69) is 203 Å². The predicted octanol–water partition coefficient (Wildman–Crippen LogP) is 18.0. The SMILES string of the molecule is CCCCN(C)Cc1cn[nH]c1-c1ccc(NC(C)C)cc1.CCCCN(C)Cc1cn[nH]c1-c1ccc(NCC(C)C)cc1.CCCCN(C)Cc1cn[nH]c1-c1ccc(OCC2CC2)c(F)c1.CCCCN(C)Cc1cn[nH]c1-c1ccc(Oc2ccccc2)c(F)c1. The maximum Gasteiger partial charge on any atom is 0.166 e. The highest BCUT2D eigenvalue weighted by molar-refractivity contribution is 5.68. The molecular formula is C77H108F2N14O2. The Morgan fingerprint density at radius 2 is 0.842 bits per heavy atom. The van der Waals surface area contributed by atoms with E-state index < -0.39 is 5.82 Å². The van der Waals surface area contributed by atoms with Gasteiger partial charge in [-0.1, -0.05) is 110 Å². The highest BCUT2D eigenvalue weighted by atomic mass is 19.1. The largest absolute Gasteiger partial charge is 0.490 e. The number of rotatable bonds is 34. The molecule has 9 aromatic rings. The number of benzene rings is 5. The standard InChI is InChI=1S/C21H24FN3O.C19H26FN3O.C19H30N4.C18H28N4/c1-3-4-12-25(2)15-17-14-23-24-21(17)16-10-11-20(19(22)13-16)26-18-8-6-5-7-9-18;1-3-4-9-23(2)12-16-11-21-22-19(16)15-7-8-18(17(20)10-15)24-13-14-5-6-14;1-5-6-11-23(4)14-17-13-21-22-19(17)16-7-9-18(10-8-16)20-12-15(2)3;1-5-6-11-22(4)13-16-12-19-21-18(16)15-7-9-17(10-8-15)20-14(2)3/h5-11,13-14H,3-4,12,15H2,1-2H3,(H,23,24);7-8,10-11,14H,3-6,9,12-13H2,1-2H3,(H,21,22);7-10,13,15,20H,5-6,11-12,14H2,1-4H3,(H,21,22);7-10,12,14,20H,5-6,11,13H2,1-4H3,(H,19,21). The molecule has 95 heavy (non-hydrogen) atoms. The molecule has 0 amide bonds. The maximum atomic E-state index is 14.5. The number of hydrogen-bond donors (Lipinski definition) is 6. The molecule has 0 saturated heterocycles. The van der Waals surface area contributed by atoms with Gasteiger partial charge < -0.3 is 39.7 Å². The zero-order valence-electron chi connectivity index (χ0n) is 58.8. The molecule has 0 unspecified atom stereocenters. The number of H-pyrrole nitrogens is 4. The highest BCUT2D eigenvalue weighted by Crippen LogP contribution is 2.34. The third-order valence-corrected chi connectivity index (χ3v) is 16.3. The fraction of sp³-hybridized carbons (Fsp3) is 0.455. The van der Waals surface area contributed by atoms with Gasteiger partial charge in [0.1, 0.15) is 5.75 Å². The van der Waals surface area contributed by atoms with E-state index in [0.717, 1.165) is 122 Å². The van der Waals surface area contributed by atoms with E-state index in [1.807, 2.05) is 55.1 Å². The number of halogens is 2. The topological polar surface area (TPSA) is 170 Å². The molecule has 0 aliphatic heterocycles. The molecule has 4 aromatic heterocycles. The van der Waals surface area contributed by atoms with Crippen LogP contribution in [0.3, 0.4) is 0 Å². The van der Waals surface area contributed by atoms with Crippen LogP contribution < -0.4 is 20.1 Å². The molecule has 18 heteroatoms. The third kappa shape index (κ3) is 25.2. The van der Waals surface area contributed by atoms with Gasteiger partial charge >= 0.3 is 0 Å². The van der Waals surface area contributed by atoms with E-state index in [1.54, 1.807) is 24.3 Å². The monoisotopic (exact) mass is 1300 g/mol. The lowest BCUT2D eigenvalue weighted by molar-refractivity contribution is 0.285. The molecular weight excluding hydrogens is 1190 g/mol. The van der Waals surface area contributed by atoms with Crippen LogP contribution in [-0.2, 0) is 26.2 Å². The molecule has 1 aliphatic rings. The van der Waals surface area contributed by atoms with E-state index in [0.29, 0.717) is 36.0 Å². The fourth-order valence-corrected chi connectivity index (χ4v) is 10.7. The summed E-state index contributed by atoms with van der Waals surface area (Å²) in [6, 6.07) is 36.9. The fourth-order valence-electron chi connectivity index (χ4n) is 10.7. The second-order valence-corrected chi connectivity index (χ2v) is 26.1. The normalized spacial score (nSPS) is 12.0. The molecule has 0 radical (unpaired) electrons. The Morgan fingerprint density at radius 3 is 1.20 bits per heavy atom. The first kappa shape index (κ1) is 74.2. The van der Waals surface area contributed by atoms with Crippen molar-refractivity contribution >= 4 is 11.4 Å². The van der Waals surface area contributed by atoms with Crippen molar-refractivity contribution in [1.82, 2.24) is 60.4 Å². The first-order chi connectivity index (χ1) is 46.0. The summed E-state index contributed by atoms with van der Waals surface area (Å²) in [6.07, 6.45) is 19.5. The number of nitrogens with one attached hydrogen (secondary N) is 6. The van der Waals surface area contributed by atoms with E-state index in [9.17, 15) is 8.78 Å². The lowest BCUT2D eigenvalue weighted by atomic mass is 10.1. The van der Waals surface area contributed by atoms with Crippen molar-refractivity contribution in [3.05, 3.63) is 174 Å². The Morgan fingerprint density at radius 1 is 0.474 bits per heavy atom. The van der Waals surface area contributed by atoms with Gasteiger partial charge in [0.2, 0.25) is 0 Å². The van der Waals surface area contributed by atoms with Gasteiger partial charge in [0.05, 0.1) is 54.2 Å². The van der Waals surface area contributed by atoms with Crippen LogP contribution in [0.5, 0.6) is 17.2 Å². The van der Waals surface area contributed by atoms with Crippen LogP contribution >= 0.6 is 0 Å². The summed E-state index contributed by atoms with van der Waals surface area (Å²) in [5.74, 6) is 1.71. The second-order valence-electron chi connectivity index (χ2n) is 26.1. The van der Waals surface area contributed by atoms with Gasteiger partial charge in [-0.05, 0) is 191 Å². The van der Waals surface area contributed by atoms with Crippen LogP contribution in [0.25, 0.3) is 45.0 Å². The molecule has 1 fully saturated rings. The number of anilines is 2. The molecule has 4 heterocycles. The van der Waals surface area contributed by atoms with Crippen molar-refractivity contribution in [3.8, 4) is 62.3 Å². The van der Waals surface area contributed by atoms with Crippen molar-refractivity contribution in [3.63, 3.8) is 0 Å². The Balaban J connectivity index is 0.000000179. The average molecular weight is 1300 g/mol. The zero-order valence-corrected chi connectivity index (χ0v) is 58.8. The molecule has 6 N–H and O–H groups in total. The van der Waals surface area contributed by atoms with Gasteiger partial charge in [0.15, 0.2) is 23.1 Å². The smallest absolute Gasteiger partial charge is 0.166 e. The summed E-state index contributed by atoms with van der Waals surface area (Å²) in [6.45, 7) is 26.9. The molecule has 1 aliphatic carbocycles. The zero-order chi connectivity index (χ0) is 67.9. The molecule has 16 nitrogen and oxygen atoms in total. The van der Waals surface area contributed by atoms with Crippen molar-refractivity contribution in [1.29, 1.82) is 0 Å². The minimum atomic E-state index is -0.397. The number of nitrogens with zero attached hydrogens (tertiary/aromatic N) is 8. The second kappa shape index (κ2) is 39.6. The summed E-state index contributed by atoms with van der Waals surface area (Å²) < 4.78 is 40.0. The van der Waals surface area contributed by atoms with Crippen molar-refractivity contribution in [2.75, 3.05) is 78.2 Å². The number of aromatic nitrogens is 8. The van der Waals surface area contributed by atoms with Crippen molar-refractivity contribution < 1.29 is 18.3 Å². The summed E-state index contributed by atoms with van der Waals surface area (Å²) in [4.78, 5) is 9.23. The number of para-hydroxylation sites is 1. The molecule has 5 aromatic carbocycles. The van der Waals surface area contributed by atoms with E-state index in [-0.39, 0.29) is 11.6 Å². The molecule has 0 bridgehead atoms. The summed E-state index contributed by atoms with van der Waals surface area (Å²) >= 11 is 0. The van der Waals surface area contributed by atoms with Crippen LogP contribution in [0.4, 0.5) is 20.2 Å². The van der Waals surface area contributed by atoms with Crippen molar-refractivity contribution in [2.24, 2.45) is 11.8 Å². The van der Waals surface area contributed by atoms with E-state index >= 15 is 0 Å². The highest BCUT2D eigenvalue weighted by Gasteiger charge is 2.23. The minimum absolute atomic E-state index is 0.209. The molecule has 0 atom stereocenters. The quantitative estimate of drug-likeness (QED) is 0.0226. The number of hydrogen-bond acceptors (Lipinski definition) is 12. The van der Waals surface area contributed by atoms with Gasteiger partial charge in [-0.2, -0.15) is 20.4 Å². The van der Waals surface area contributed by atoms with Gasteiger partial charge in [-0.3, -0.25) is 20.4 Å². The van der Waals surface area contributed by atoms with Crippen LogP contribution in [-0.4, -0.2) is 134 Å². The average Bonchev–Trinajstić information content (AvgIpc) is 1.84. The number of aromatic amines is 4. The molecule has 512 valence electrons. The molecule has 10 rings (SSSR count). The summed E-state index contributed by atoms with van der Waals surface area (Å²) in [7, 11) is 8.53. The van der Waals surface area contributed by atoms with Crippen LogP contribution in [0.1, 0.15) is 142 Å². The number of unbranched alkanes of at least 4 members (excludes halogenated alkanes) is 4. The Bertz CT molecular complexity index is 3560. The Labute approximate surface area is 565 Å². The van der Waals surface area contributed by atoms with Gasteiger partial charge in [0.25, 0.3) is 0 Å². The lowest BCUT2D eigenvalue weighted by Gasteiger charge is -2.16. The van der Waals surface area contributed by atoms with E-state index in [1.165, 1.54) is 91.4 Å². The first-order valence-corrected chi connectivity index (χ1v) is 34.5. The molecule has 0 spiro atoms. The molecule has 1 saturated carbocycles. The summed E-state index contributed by atoms with van der Waals surface area (Å²) in [5, 5.41) is 35.9. The Hall–Kier alpha value is -8.16. The van der Waals surface area contributed by atoms with E-state index in [4.69, 9.17) is 9.47 Å². The van der Waals surface area contributed by atoms with Gasteiger partial charge in [-0.15, -0.1) is 0 Å². The summed E-state index contributed by atoms with van der Waals surface area (Å²) in [5.41, 5.74) is 14.9. The predicted molar refractivity (Wildman–Crippen MR) is 388 cm³/mol. The van der Waals surface area contributed by atoms with Gasteiger partial charge in [0, 0.05) is 94.6 Å². The van der Waals surface area contributed by atoms with Crippen LogP contribution in [0.15, 0.2) is 140 Å². The van der Waals surface area contributed by atoms with Gasteiger partial charge in [-0.25, -0.2) is 8.78 Å². The lowest BCUT2D eigenvalue weighted by Crippen LogP contribution is -2.19. The van der Waals surface area contributed by atoms with Crippen LogP contribution in [0, 0.1) is 23.5 Å².